The maximum Gasteiger partial charge on any atom is 0.573 e. The predicted molar refractivity (Wildman–Crippen MR) is 111 cm³/mol. The fourth-order valence-corrected chi connectivity index (χ4v) is 4.51. The van der Waals surface area contributed by atoms with Gasteiger partial charge in [0.15, 0.2) is 0 Å². The number of pyridine rings is 1. The Morgan fingerprint density at radius 1 is 1.09 bits per heavy atom. The molecule has 9 heteroatoms. The molecular formula is C23H18F3N3O3. The summed E-state index contributed by atoms with van der Waals surface area (Å²) in [6.07, 6.45) is -2.66. The number of hydrogen-bond donors (Lipinski definition) is 0. The minimum Gasteiger partial charge on any atom is -0.406 e. The number of imide groups is 1. The summed E-state index contributed by atoms with van der Waals surface area (Å²) in [5, 5.41) is 0.753. The van der Waals surface area contributed by atoms with E-state index in [1.807, 2.05) is 38.1 Å². The van der Waals surface area contributed by atoms with Crippen LogP contribution in [0, 0.1) is 12.8 Å². The molecule has 1 saturated carbocycles. The number of hydrogen-bond acceptors (Lipinski definition) is 4. The molecule has 3 aromatic rings. The summed E-state index contributed by atoms with van der Waals surface area (Å²) in [7, 11) is 0. The molecule has 2 heterocycles. The summed E-state index contributed by atoms with van der Waals surface area (Å²) in [6.45, 7) is 3.74. The van der Waals surface area contributed by atoms with E-state index in [1.54, 1.807) is 11.1 Å². The summed E-state index contributed by atoms with van der Waals surface area (Å²) in [4.78, 5) is 34.1. The normalized spacial score (nSPS) is 22.8. The molecule has 164 valence electrons. The number of carbonyl (C=O) groups is 2. The van der Waals surface area contributed by atoms with E-state index in [9.17, 15) is 22.8 Å². The van der Waals surface area contributed by atoms with Crippen LogP contribution in [-0.2, 0) is 4.79 Å². The van der Waals surface area contributed by atoms with E-state index >= 15 is 0 Å². The summed E-state index contributed by atoms with van der Waals surface area (Å²) in [5.74, 6) is -0.884. The zero-order valence-electron chi connectivity index (χ0n) is 17.2. The number of para-hydroxylation sites is 1. The van der Waals surface area contributed by atoms with Crippen LogP contribution in [0.25, 0.3) is 10.9 Å². The maximum atomic E-state index is 13.6. The van der Waals surface area contributed by atoms with E-state index in [-0.39, 0.29) is 17.5 Å². The van der Waals surface area contributed by atoms with Gasteiger partial charge in [-0.05, 0) is 55.2 Å². The number of aryl methyl sites for hydroxylation is 1. The third-order valence-electron chi connectivity index (χ3n) is 6.11. The first-order valence-corrected chi connectivity index (χ1v) is 10.0. The van der Waals surface area contributed by atoms with Crippen molar-refractivity contribution in [2.24, 2.45) is 5.92 Å². The summed E-state index contributed by atoms with van der Waals surface area (Å²) < 4.78 is 41.3. The highest BCUT2D eigenvalue weighted by Crippen LogP contribution is 2.56. The van der Waals surface area contributed by atoms with E-state index in [4.69, 9.17) is 0 Å². The van der Waals surface area contributed by atoms with E-state index in [0.717, 1.165) is 28.0 Å². The highest BCUT2D eigenvalue weighted by molar-refractivity contribution is 6.33. The molecule has 2 aromatic carbocycles. The number of nitrogens with zero attached hydrogens (tertiary/aromatic N) is 3. The number of benzene rings is 2. The third-order valence-corrected chi connectivity index (χ3v) is 6.11. The Morgan fingerprint density at radius 2 is 1.75 bits per heavy atom. The molecule has 0 radical (unpaired) electrons. The summed E-state index contributed by atoms with van der Waals surface area (Å²) in [5.41, 5.74) is 1.24. The monoisotopic (exact) mass is 441 g/mol. The summed E-state index contributed by atoms with van der Waals surface area (Å²) in [6, 6.07) is 11.6. The smallest absolute Gasteiger partial charge is 0.406 e. The highest BCUT2D eigenvalue weighted by atomic mass is 19.4. The molecule has 1 aliphatic carbocycles. The van der Waals surface area contributed by atoms with Gasteiger partial charge in [-0.25, -0.2) is 9.69 Å². The van der Waals surface area contributed by atoms with Gasteiger partial charge in [-0.2, -0.15) is 0 Å². The van der Waals surface area contributed by atoms with Crippen molar-refractivity contribution in [3.05, 3.63) is 60.3 Å². The van der Waals surface area contributed by atoms with Crippen molar-refractivity contribution in [1.29, 1.82) is 0 Å². The largest absolute Gasteiger partial charge is 0.573 e. The van der Waals surface area contributed by atoms with Crippen molar-refractivity contribution in [3.63, 3.8) is 0 Å². The number of rotatable bonds is 3. The number of amides is 3. The molecule has 2 aliphatic rings. The molecule has 2 atom stereocenters. The fraction of sp³-hybridized carbons (Fsp3) is 0.261. The van der Waals surface area contributed by atoms with E-state index in [2.05, 4.69) is 9.72 Å². The molecule has 0 bridgehead atoms. The van der Waals surface area contributed by atoms with Gasteiger partial charge in [0.2, 0.25) is 0 Å². The molecule has 32 heavy (non-hydrogen) atoms. The van der Waals surface area contributed by atoms with Gasteiger partial charge in [0.05, 0.1) is 16.9 Å². The van der Waals surface area contributed by atoms with Crippen molar-refractivity contribution in [2.75, 3.05) is 9.80 Å². The van der Waals surface area contributed by atoms with Crippen LogP contribution in [0.2, 0.25) is 0 Å². The zero-order chi connectivity index (χ0) is 22.8. The number of ether oxygens (including phenoxy) is 1. The Balaban J connectivity index is 1.60. The van der Waals surface area contributed by atoms with Gasteiger partial charge in [-0.3, -0.25) is 14.7 Å². The number of fused-ring (bicyclic) bond motifs is 1. The Bertz CT molecular complexity index is 1260. The third kappa shape index (κ3) is 2.91. The lowest BCUT2D eigenvalue weighted by molar-refractivity contribution is -0.274. The first-order valence-electron chi connectivity index (χ1n) is 10.0. The number of carbonyl (C=O) groups excluding carboxylic acids is 2. The van der Waals surface area contributed by atoms with Gasteiger partial charge in [0, 0.05) is 11.6 Å². The standard InChI is InChI=1S/C23H18F3N3O3/c1-13-12-27-18-6-4-3-5-17(18)19(13)29-21(31)28(20(30)22(29)11-14(22)2)15-7-9-16(10-8-15)32-23(24,25)26/h3-10,12,14H,11H2,1-2H3. The Kier molecular flexibility index (Phi) is 4.24. The number of alkyl halides is 3. The minimum absolute atomic E-state index is 0.0666. The molecule has 6 nitrogen and oxygen atoms in total. The first kappa shape index (κ1) is 20.3. The van der Waals surface area contributed by atoms with E-state index in [1.165, 1.54) is 12.1 Å². The number of aromatic nitrogens is 1. The van der Waals surface area contributed by atoms with Crippen LogP contribution < -0.4 is 14.5 Å². The van der Waals surface area contributed by atoms with Crippen molar-refractivity contribution >= 4 is 34.2 Å². The Hall–Kier alpha value is -3.62. The fourth-order valence-electron chi connectivity index (χ4n) is 4.51. The lowest BCUT2D eigenvalue weighted by Crippen LogP contribution is -2.39. The van der Waals surface area contributed by atoms with Gasteiger partial charge in [0.25, 0.3) is 5.91 Å². The number of anilines is 2. The molecule has 3 amide bonds. The second kappa shape index (κ2) is 6.69. The second-order valence-electron chi connectivity index (χ2n) is 8.14. The Morgan fingerprint density at radius 3 is 2.38 bits per heavy atom. The predicted octanol–water partition coefficient (Wildman–Crippen LogP) is 5.19. The molecule has 1 spiro atoms. The summed E-state index contributed by atoms with van der Waals surface area (Å²) >= 11 is 0. The molecule has 1 aromatic heterocycles. The van der Waals surface area contributed by atoms with Crippen molar-refractivity contribution in [2.45, 2.75) is 32.2 Å². The van der Waals surface area contributed by atoms with Crippen LogP contribution in [0.1, 0.15) is 18.9 Å². The molecular weight excluding hydrogens is 423 g/mol. The number of urea groups is 1. The second-order valence-corrected chi connectivity index (χ2v) is 8.14. The lowest BCUT2D eigenvalue weighted by atomic mass is 10.1. The van der Waals surface area contributed by atoms with Gasteiger partial charge in [-0.15, -0.1) is 13.2 Å². The number of halogens is 3. The van der Waals surface area contributed by atoms with E-state index in [0.29, 0.717) is 17.6 Å². The van der Waals surface area contributed by atoms with Gasteiger partial charge in [-0.1, -0.05) is 25.1 Å². The van der Waals surface area contributed by atoms with Crippen molar-refractivity contribution in [3.8, 4) is 5.75 Å². The molecule has 1 aliphatic heterocycles. The minimum atomic E-state index is -4.83. The van der Waals surface area contributed by atoms with Crippen LogP contribution in [-0.4, -0.2) is 28.8 Å². The molecule has 2 unspecified atom stereocenters. The SMILES string of the molecule is Cc1cnc2ccccc2c1N1C(=O)N(c2ccc(OC(F)(F)F)cc2)C(=O)C12CC2C. The quantitative estimate of drug-likeness (QED) is 0.525. The van der Waals surface area contributed by atoms with Crippen LogP contribution in [0.15, 0.2) is 54.7 Å². The van der Waals surface area contributed by atoms with Crippen molar-refractivity contribution in [1.82, 2.24) is 4.98 Å². The highest BCUT2D eigenvalue weighted by Gasteiger charge is 2.71. The topological polar surface area (TPSA) is 62.7 Å². The maximum absolute atomic E-state index is 13.6. The van der Waals surface area contributed by atoms with Gasteiger partial charge < -0.3 is 4.74 Å². The van der Waals surface area contributed by atoms with Crippen LogP contribution in [0.5, 0.6) is 5.75 Å². The molecule has 0 N–H and O–H groups in total. The van der Waals surface area contributed by atoms with Gasteiger partial charge in [0.1, 0.15) is 11.3 Å². The van der Waals surface area contributed by atoms with Crippen molar-refractivity contribution < 1.29 is 27.5 Å². The average Bonchev–Trinajstić information content (AvgIpc) is 3.36. The van der Waals surface area contributed by atoms with Crippen LogP contribution in [0.3, 0.4) is 0 Å². The molecule has 5 rings (SSSR count). The lowest BCUT2D eigenvalue weighted by Gasteiger charge is -2.25. The van der Waals surface area contributed by atoms with E-state index < -0.39 is 23.7 Å². The average molecular weight is 441 g/mol. The molecule has 2 fully saturated rings. The Labute approximate surface area is 181 Å². The first-order chi connectivity index (χ1) is 15.1. The van der Waals surface area contributed by atoms with Crippen LogP contribution >= 0.6 is 0 Å². The van der Waals surface area contributed by atoms with Crippen LogP contribution in [0.4, 0.5) is 29.3 Å². The molecule has 1 saturated heterocycles. The van der Waals surface area contributed by atoms with Gasteiger partial charge >= 0.3 is 12.4 Å². The zero-order valence-corrected chi connectivity index (χ0v) is 17.2.